The van der Waals surface area contributed by atoms with Gasteiger partial charge in [-0.05, 0) is 18.4 Å². The topological polar surface area (TPSA) is 0 Å². The highest BCUT2D eigenvalue weighted by atomic mass is 19.1. The van der Waals surface area contributed by atoms with Gasteiger partial charge < -0.3 is 0 Å². The molecule has 0 saturated carbocycles. The lowest BCUT2D eigenvalue weighted by molar-refractivity contribution is 0.527. The molecule has 1 aliphatic carbocycles. The van der Waals surface area contributed by atoms with Crippen LogP contribution in [0.25, 0.3) is 0 Å². The second kappa shape index (κ2) is 2.34. The summed E-state index contributed by atoms with van der Waals surface area (Å²) in [6.45, 7) is 3.82. The van der Waals surface area contributed by atoms with E-state index >= 15 is 0 Å². The molecule has 0 nitrogen and oxygen atoms in total. The molecule has 1 heteroatoms. The molecule has 0 saturated heterocycles. The zero-order chi connectivity index (χ0) is 6.85. The van der Waals surface area contributed by atoms with Gasteiger partial charge >= 0.3 is 0 Å². The van der Waals surface area contributed by atoms with E-state index in [9.17, 15) is 4.39 Å². The lowest BCUT2D eigenvalue weighted by Gasteiger charge is -2.10. The van der Waals surface area contributed by atoms with Crippen LogP contribution in [0.15, 0.2) is 23.6 Å². The fourth-order valence-corrected chi connectivity index (χ4v) is 0.911. The number of allylic oxidation sites excluding steroid dienone is 4. The molecule has 0 bridgehead atoms. The summed E-state index contributed by atoms with van der Waals surface area (Å²) in [5.74, 6) is 0.429. The molecule has 0 heterocycles. The minimum Gasteiger partial charge on any atom is -0.212 e. The number of halogens is 1. The summed E-state index contributed by atoms with van der Waals surface area (Å²) in [5, 5.41) is 0. The first-order valence-corrected chi connectivity index (χ1v) is 3.23. The van der Waals surface area contributed by atoms with E-state index in [1.54, 1.807) is 6.92 Å². The Bertz CT molecular complexity index is 165. The van der Waals surface area contributed by atoms with Crippen molar-refractivity contribution in [3.8, 4) is 0 Å². The van der Waals surface area contributed by atoms with Gasteiger partial charge in [0.2, 0.25) is 0 Å². The van der Waals surface area contributed by atoms with Crippen LogP contribution in [0, 0.1) is 5.92 Å². The largest absolute Gasteiger partial charge is 0.212 e. The first kappa shape index (κ1) is 6.53. The van der Waals surface area contributed by atoms with Crippen LogP contribution in [0.1, 0.15) is 20.3 Å². The van der Waals surface area contributed by atoms with Crippen LogP contribution in [0.4, 0.5) is 4.39 Å². The maximum Gasteiger partial charge on any atom is 0.103 e. The maximum atomic E-state index is 12.7. The van der Waals surface area contributed by atoms with E-state index in [4.69, 9.17) is 0 Å². The average Bonchev–Trinajstić information content (AvgIpc) is 1.80. The Kier molecular flexibility index (Phi) is 1.70. The maximum absolute atomic E-state index is 12.7. The molecule has 1 unspecified atom stereocenters. The Morgan fingerprint density at radius 3 is 2.78 bits per heavy atom. The van der Waals surface area contributed by atoms with Gasteiger partial charge in [0.25, 0.3) is 0 Å². The van der Waals surface area contributed by atoms with Crippen molar-refractivity contribution in [1.82, 2.24) is 0 Å². The van der Waals surface area contributed by atoms with Gasteiger partial charge in [-0.15, -0.1) is 0 Å². The second-order valence-corrected chi connectivity index (χ2v) is 2.63. The summed E-state index contributed by atoms with van der Waals surface area (Å²) in [6, 6.07) is 0. The van der Waals surface area contributed by atoms with Crippen molar-refractivity contribution in [2.75, 3.05) is 0 Å². The fraction of sp³-hybridized carbons (Fsp3) is 0.500. The van der Waals surface area contributed by atoms with Crippen molar-refractivity contribution in [3.05, 3.63) is 23.6 Å². The Labute approximate surface area is 55.1 Å². The molecule has 0 radical (unpaired) electrons. The highest BCUT2D eigenvalue weighted by Gasteiger charge is 2.08. The lowest BCUT2D eigenvalue weighted by atomic mass is 9.98. The zero-order valence-electron chi connectivity index (χ0n) is 5.82. The van der Waals surface area contributed by atoms with Gasteiger partial charge in [0, 0.05) is 6.42 Å². The average molecular weight is 126 g/mol. The van der Waals surface area contributed by atoms with E-state index in [2.05, 4.69) is 0 Å². The molecule has 0 aliphatic heterocycles. The van der Waals surface area contributed by atoms with E-state index in [0.29, 0.717) is 12.3 Å². The minimum atomic E-state index is 0.0463. The van der Waals surface area contributed by atoms with Crippen LogP contribution >= 0.6 is 0 Å². The van der Waals surface area contributed by atoms with Crippen molar-refractivity contribution in [1.29, 1.82) is 0 Å². The number of rotatable bonds is 0. The van der Waals surface area contributed by atoms with Crippen LogP contribution in [0.5, 0.6) is 0 Å². The van der Waals surface area contributed by atoms with E-state index in [1.165, 1.54) is 0 Å². The molecule has 0 spiro atoms. The second-order valence-electron chi connectivity index (χ2n) is 2.63. The van der Waals surface area contributed by atoms with Crippen LogP contribution in [0.3, 0.4) is 0 Å². The van der Waals surface area contributed by atoms with Gasteiger partial charge in [0.1, 0.15) is 5.83 Å². The van der Waals surface area contributed by atoms with Gasteiger partial charge in [0.05, 0.1) is 0 Å². The molecule has 0 aromatic heterocycles. The van der Waals surface area contributed by atoms with Crippen molar-refractivity contribution >= 4 is 0 Å². The van der Waals surface area contributed by atoms with Crippen molar-refractivity contribution in [3.63, 3.8) is 0 Å². The Morgan fingerprint density at radius 1 is 1.67 bits per heavy atom. The lowest BCUT2D eigenvalue weighted by Crippen LogP contribution is -1.96. The molecule has 9 heavy (non-hydrogen) atoms. The van der Waals surface area contributed by atoms with Crippen LogP contribution in [-0.2, 0) is 0 Å². The van der Waals surface area contributed by atoms with Gasteiger partial charge in [-0.2, -0.15) is 0 Å². The molecule has 50 valence electrons. The predicted molar refractivity (Wildman–Crippen MR) is 36.7 cm³/mol. The third kappa shape index (κ3) is 1.41. The highest BCUT2D eigenvalue weighted by Crippen LogP contribution is 2.23. The standard InChI is InChI=1S/C8H11F/c1-6-3-4-7(2)8(9)5-6/h3-4,6H,5H2,1-2H3. The molecule has 1 aliphatic rings. The molecule has 0 fully saturated rings. The summed E-state index contributed by atoms with van der Waals surface area (Å²) in [6.07, 6.45) is 4.48. The monoisotopic (exact) mass is 126 g/mol. The molecular formula is C8H11F. The van der Waals surface area contributed by atoms with E-state index in [0.717, 1.165) is 5.57 Å². The van der Waals surface area contributed by atoms with Crippen molar-refractivity contribution in [2.45, 2.75) is 20.3 Å². The molecule has 0 aromatic carbocycles. The third-order valence-electron chi connectivity index (χ3n) is 1.60. The molecule has 1 rings (SSSR count). The third-order valence-corrected chi connectivity index (χ3v) is 1.60. The number of hydrogen-bond donors (Lipinski definition) is 0. The minimum absolute atomic E-state index is 0.0463. The summed E-state index contributed by atoms with van der Waals surface area (Å²) < 4.78 is 12.7. The molecule has 0 amide bonds. The summed E-state index contributed by atoms with van der Waals surface area (Å²) >= 11 is 0. The van der Waals surface area contributed by atoms with E-state index in [-0.39, 0.29) is 5.83 Å². The SMILES string of the molecule is CC1=C(F)CC(C)C=C1. The first-order valence-electron chi connectivity index (χ1n) is 3.23. The van der Waals surface area contributed by atoms with Crippen molar-refractivity contribution < 1.29 is 4.39 Å². The van der Waals surface area contributed by atoms with Gasteiger partial charge in [0.15, 0.2) is 0 Å². The number of hydrogen-bond acceptors (Lipinski definition) is 0. The fourth-order valence-electron chi connectivity index (χ4n) is 0.911. The van der Waals surface area contributed by atoms with Gasteiger partial charge in [-0.1, -0.05) is 19.1 Å². The Hall–Kier alpha value is -0.590. The summed E-state index contributed by atoms with van der Waals surface area (Å²) in [5.41, 5.74) is 0.785. The van der Waals surface area contributed by atoms with Crippen LogP contribution in [-0.4, -0.2) is 0 Å². The first-order chi connectivity index (χ1) is 4.20. The molecule has 0 aromatic rings. The normalized spacial score (nSPS) is 27.2. The van der Waals surface area contributed by atoms with Crippen LogP contribution in [0.2, 0.25) is 0 Å². The van der Waals surface area contributed by atoms with E-state index in [1.807, 2.05) is 19.1 Å². The summed E-state index contributed by atoms with van der Waals surface area (Å²) in [7, 11) is 0. The quantitative estimate of drug-likeness (QED) is 0.468. The highest BCUT2D eigenvalue weighted by molar-refractivity contribution is 5.24. The predicted octanol–water partition coefficient (Wildman–Crippen LogP) is 2.83. The molecule has 0 N–H and O–H groups in total. The van der Waals surface area contributed by atoms with Gasteiger partial charge in [-0.25, -0.2) is 4.39 Å². The van der Waals surface area contributed by atoms with E-state index < -0.39 is 0 Å². The smallest absolute Gasteiger partial charge is 0.103 e. The van der Waals surface area contributed by atoms with Crippen molar-refractivity contribution in [2.24, 2.45) is 5.92 Å². The van der Waals surface area contributed by atoms with Gasteiger partial charge in [-0.3, -0.25) is 0 Å². The Morgan fingerprint density at radius 2 is 2.33 bits per heavy atom. The zero-order valence-corrected chi connectivity index (χ0v) is 5.82. The summed E-state index contributed by atoms with van der Waals surface area (Å²) in [4.78, 5) is 0. The van der Waals surface area contributed by atoms with Crippen LogP contribution < -0.4 is 0 Å². The Balaban J connectivity index is 2.75. The molecular weight excluding hydrogens is 115 g/mol. The molecule has 1 atom stereocenters.